The number of hydrogen-bond acceptors (Lipinski definition) is 2. The standard InChI is InChI=1S/C20H16ClNO2/c21-17-8-10-18(11-9-17)22-20(23)16-6-12-19(13-7-16)24-14-15-4-2-1-3-5-15/h1-13H,14H2,(H,22,23). The van der Waals surface area contributed by atoms with Crippen molar-refractivity contribution in [3.63, 3.8) is 0 Å². The Hall–Kier alpha value is -2.78. The predicted molar refractivity (Wildman–Crippen MR) is 96.6 cm³/mol. The molecular formula is C20H16ClNO2. The Morgan fingerprint density at radius 1 is 0.875 bits per heavy atom. The van der Waals surface area contributed by atoms with E-state index >= 15 is 0 Å². The van der Waals surface area contributed by atoms with Gasteiger partial charge in [-0.25, -0.2) is 0 Å². The van der Waals surface area contributed by atoms with Crippen LogP contribution in [-0.4, -0.2) is 5.91 Å². The van der Waals surface area contributed by atoms with Crippen LogP contribution in [0.3, 0.4) is 0 Å². The summed E-state index contributed by atoms with van der Waals surface area (Å²) in [5.74, 6) is 0.550. The van der Waals surface area contributed by atoms with E-state index in [1.807, 2.05) is 30.3 Å². The molecule has 0 fully saturated rings. The maximum absolute atomic E-state index is 12.2. The van der Waals surface area contributed by atoms with Crippen LogP contribution in [0.1, 0.15) is 15.9 Å². The highest BCUT2D eigenvalue weighted by molar-refractivity contribution is 6.30. The Bertz CT molecular complexity index is 799. The van der Waals surface area contributed by atoms with E-state index in [9.17, 15) is 4.79 Å². The van der Waals surface area contributed by atoms with Gasteiger partial charge in [0.05, 0.1) is 0 Å². The van der Waals surface area contributed by atoms with Gasteiger partial charge in [0.15, 0.2) is 0 Å². The van der Waals surface area contributed by atoms with E-state index in [0.29, 0.717) is 22.9 Å². The molecule has 0 atom stereocenters. The van der Waals surface area contributed by atoms with E-state index in [0.717, 1.165) is 11.3 Å². The summed E-state index contributed by atoms with van der Waals surface area (Å²) in [4.78, 5) is 12.2. The van der Waals surface area contributed by atoms with E-state index in [-0.39, 0.29) is 5.91 Å². The fourth-order valence-electron chi connectivity index (χ4n) is 2.18. The van der Waals surface area contributed by atoms with Gasteiger partial charge in [0.1, 0.15) is 12.4 Å². The highest BCUT2D eigenvalue weighted by Gasteiger charge is 2.06. The maximum atomic E-state index is 12.2. The number of benzene rings is 3. The summed E-state index contributed by atoms with van der Waals surface area (Å²) < 4.78 is 5.71. The van der Waals surface area contributed by atoms with Gasteiger partial charge in [0, 0.05) is 16.3 Å². The summed E-state index contributed by atoms with van der Waals surface area (Å²) >= 11 is 5.83. The van der Waals surface area contributed by atoms with E-state index in [1.54, 1.807) is 48.5 Å². The van der Waals surface area contributed by atoms with Crippen molar-refractivity contribution in [1.29, 1.82) is 0 Å². The average molecular weight is 338 g/mol. The largest absolute Gasteiger partial charge is 0.489 e. The number of anilines is 1. The number of amides is 1. The third kappa shape index (κ3) is 4.37. The molecular weight excluding hydrogens is 322 g/mol. The number of nitrogens with one attached hydrogen (secondary N) is 1. The highest BCUT2D eigenvalue weighted by atomic mass is 35.5. The van der Waals surface area contributed by atoms with Crippen LogP contribution in [0.5, 0.6) is 5.75 Å². The van der Waals surface area contributed by atoms with Crippen molar-refractivity contribution >= 4 is 23.2 Å². The molecule has 0 aliphatic rings. The molecule has 0 radical (unpaired) electrons. The molecule has 0 aliphatic heterocycles. The Balaban J connectivity index is 1.59. The van der Waals surface area contributed by atoms with Crippen LogP contribution in [-0.2, 0) is 6.61 Å². The van der Waals surface area contributed by atoms with Crippen LogP contribution >= 0.6 is 11.6 Å². The summed E-state index contributed by atoms with van der Waals surface area (Å²) in [5, 5.41) is 3.46. The maximum Gasteiger partial charge on any atom is 0.255 e. The zero-order valence-electron chi connectivity index (χ0n) is 12.9. The third-order valence-corrected chi connectivity index (χ3v) is 3.72. The van der Waals surface area contributed by atoms with Crippen molar-refractivity contribution in [2.24, 2.45) is 0 Å². The van der Waals surface area contributed by atoms with E-state index in [2.05, 4.69) is 5.32 Å². The second-order valence-electron chi connectivity index (χ2n) is 5.26. The second-order valence-corrected chi connectivity index (χ2v) is 5.70. The van der Waals surface area contributed by atoms with Crippen LogP contribution in [0.25, 0.3) is 0 Å². The molecule has 3 nitrogen and oxygen atoms in total. The minimum absolute atomic E-state index is 0.174. The molecule has 0 saturated heterocycles. The molecule has 0 saturated carbocycles. The fourth-order valence-corrected chi connectivity index (χ4v) is 2.31. The van der Waals surface area contributed by atoms with Crippen molar-refractivity contribution in [3.05, 3.63) is 95.0 Å². The van der Waals surface area contributed by atoms with Gasteiger partial charge in [0.2, 0.25) is 0 Å². The number of halogens is 1. The van der Waals surface area contributed by atoms with Crippen molar-refractivity contribution in [2.45, 2.75) is 6.61 Å². The molecule has 24 heavy (non-hydrogen) atoms. The first-order valence-corrected chi connectivity index (χ1v) is 7.92. The molecule has 0 aromatic heterocycles. The molecule has 1 N–H and O–H groups in total. The predicted octanol–water partition coefficient (Wildman–Crippen LogP) is 5.17. The number of hydrogen-bond donors (Lipinski definition) is 1. The van der Waals surface area contributed by atoms with Crippen LogP contribution in [0, 0.1) is 0 Å². The van der Waals surface area contributed by atoms with Gasteiger partial charge in [-0.1, -0.05) is 41.9 Å². The van der Waals surface area contributed by atoms with Crippen molar-refractivity contribution in [2.75, 3.05) is 5.32 Å². The lowest BCUT2D eigenvalue weighted by atomic mass is 10.2. The van der Waals surface area contributed by atoms with Gasteiger partial charge in [-0.3, -0.25) is 4.79 Å². The highest BCUT2D eigenvalue weighted by Crippen LogP contribution is 2.17. The molecule has 0 heterocycles. The Morgan fingerprint density at radius 2 is 1.54 bits per heavy atom. The van der Waals surface area contributed by atoms with Crippen molar-refractivity contribution in [1.82, 2.24) is 0 Å². The summed E-state index contributed by atoms with van der Waals surface area (Å²) in [6.45, 7) is 0.497. The molecule has 1 amide bonds. The van der Waals surface area contributed by atoms with E-state index in [4.69, 9.17) is 16.3 Å². The summed E-state index contributed by atoms with van der Waals surface area (Å²) in [6, 6.07) is 24.0. The van der Waals surface area contributed by atoms with Gasteiger partial charge in [-0.2, -0.15) is 0 Å². The SMILES string of the molecule is O=C(Nc1ccc(Cl)cc1)c1ccc(OCc2ccccc2)cc1. The number of carbonyl (C=O) groups is 1. The van der Waals surface area contributed by atoms with Crippen LogP contribution in [0.4, 0.5) is 5.69 Å². The second kappa shape index (κ2) is 7.66. The summed E-state index contributed by atoms with van der Waals surface area (Å²) in [7, 11) is 0. The first-order chi connectivity index (χ1) is 11.7. The summed E-state index contributed by atoms with van der Waals surface area (Å²) in [5.41, 5.74) is 2.37. The van der Waals surface area contributed by atoms with Crippen LogP contribution in [0.2, 0.25) is 5.02 Å². The van der Waals surface area contributed by atoms with Crippen LogP contribution < -0.4 is 10.1 Å². The van der Waals surface area contributed by atoms with Gasteiger partial charge < -0.3 is 10.1 Å². The van der Waals surface area contributed by atoms with E-state index < -0.39 is 0 Å². The molecule has 3 aromatic rings. The number of ether oxygens (including phenoxy) is 1. The Kier molecular flexibility index (Phi) is 5.14. The van der Waals surface area contributed by atoms with Crippen LogP contribution in [0.15, 0.2) is 78.9 Å². The molecule has 4 heteroatoms. The van der Waals surface area contributed by atoms with Gasteiger partial charge in [0.25, 0.3) is 5.91 Å². The zero-order chi connectivity index (χ0) is 16.8. The minimum Gasteiger partial charge on any atom is -0.489 e. The van der Waals surface area contributed by atoms with Gasteiger partial charge in [-0.05, 0) is 54.1 Å². The minimum atomic E-state index is -0.174. The molecule has 0 spiro atoms. The molecule has 0 unspecified atom stereocenters. The molecule has 0 bridgehead atoms. The van der Waals surface area contributed by atoms with Crippen molar-refractivity contribution < 1.29 is 9.53 Å². The topological polar surface area (TPSA) is 38.3 Å². The number of rotatable bonds is 5. The normalized spacial score (nSPS) is 10.2. The molecule has 3 aromatic carbocycles. The smallest absolute Gasteiger partial charge is 0.255 e. The lowest BCUT2D eigenvalue weighted by Crippen LogP contribution is -2.11. The first-order valence-electron chi connectivity index (χ1n) is 7.54. The third-order valence-electron chi connectivity index (χ3n) is 3.47. The quantitative estimate of drug-likeness (QED) is 0.697. The van der Waals surface area contributed by atoms with Crippen molar-refractivity contribution in [3.8, 4) is 5.75 Å². The lowest BCUT2D eigenvalue weighted by Gasteiger charge is -2.08. The van der Waals surface area contributed by atoms with E-state index in [1.165, 1.54) is 0 Å². The molecule has 120 valence electrons. The molecule has 0 aliphatic carbocycles. The monoisotopic (exact) mass is 337 g/mol. The lowest BCUT2D eigenvalue weighted by molar-refractivity contribution is 0.102. The average Bonchev–Trinajstić information content (AvgIpc) is 2.63. The Labute approximate surface area is 145 Å². The fraction of sp³-hybridized carbons (Fsp3) is 0.0500. The van der Waals surface area contributed by atoms with Gasteiger partial charge >= 0.3 is 0 Å². The Morgan fingerprint density at radius 3 is 2.21 bits per heavy atom. The van der Waals surface area contributed by atoms with Gasteiger partial charge in [-0.15, -0.1) is 0 Å². The number of carbonyl (C=O) groups excluding carboxylic acids is 1. The molecule has 3 rings (SSSR count). The summed E-state index contributed by atoms with van der Waals surface area (Å²) in [6.07, 6.45) is 0. The first kappa shape index (κ1) is 16.1. The zero-order valence-corrected chi connectivity index (χ0v) is 13.7.